The molecule has 0 aromatic carbocycles. The summed E-state index contributed by atoms with van der Waals surface area (Å²) in [6.07, 6.45) is 2.54. The molecular formula is C12H23FO4. The normalized spacial score (nSPS) is 10.7. The van der Waals surface area contributed by atoms with E-state index in [0.29, 0.717) is 19.8 Å². The number of ether oxygens (including phenoxy) is 3. The molecule has 0 amide bonds. The number of hydrogen-bond acceptors (Lipinski definition) is 4. The van der Waals surface area contributed by atoms with Crippen molar-refractivity contribution in [1.82, 2.24) is 0 Å². The Labute approximate surface area is 102 Å². The highest BCUT2D eigenvalue weighted by Gasteiger charge is 1.97. The molecule has 0 unspecified atom stereocenters. The second-order valence-corrected chi connectivity index (χ2v) is 3.65. The van der Waals surface area contributed by atoms with Gasteiger partial charge in [-0.2, -0.15) is 4.39 Å². The lowest BCUT2D eigenvalue weighted by atomic mass is 10.4. The zero-order chi connectivity index (χ0) is 12.8. The number of rotatable bonds is 13. The van der Waals surface area contributed by atoms with E-state index in [1.807, 2.05) is 0 Å². The van der Waals surface area contributed by atoms with Crippen molar-refractivity contribution in [2.24, 2.45) is 0 Å². The van der Waals surface area contributed by atoms with Crippen molar-refractivity contribution >= 4 is 6.04 Å². The van der Waals surface area contributed by atoms with E-state index in [4.69, 9.17) is 14.2 Å². The minimum Gasteiger partial charge on any atom is -0.381 e. The summed E-state index contributed by atoms with van der Waals surface area (Å²) in [5.74, 6) is 0. The van der Waals surface area contributed by atoms with E-state index in [1.54, 1.807) is 0 Å². The Bertz CT molecular complexity index is 176. The molecule has 0 rings (SSSR count). The van der Waals surface area contributed by atoms with Gasteiger partial charge in [0.25, 0.3) is 0 Å². The lowest BCUT2D eigenvalue weighted by Crippen LogP contribution is -2.06. The van der Waals surface area contributed by atoms with Crippen LogP contribution in [-0.2, 0) is 19.0 Å². The second kappa shape index (κ2) is 13.5. The SMILES string of the molecule is CCCOCCCOCCCOCCC(=O)F. The van der Waals surface area contributed by atoms with Crippen LogP contribution in [0.1, 0.15) is 32.6 Å². The first kappa shape index (κ1) is 16.5. The maximum Gasteiger partial charge on any atom is 0.303 e. The molecule has 0 aliphatic rings. The highest BCUT2D eigenvalue weighted by atomic mass is 19.1. The fourth-order valence-corrected chi connectivity index (χ4v) is 1.13. The molecule has 0 aromatic heterocycles. The number of hydrogen-bond donors (Lipinski definition) is 0. The molecule has 4 nitrogen and oxygen atoms in total. The van der Waals surface area contributed by atoms with Gasteiger partial charge in [-0.15, -0.1) is 0 Å². The zero-order valence-electron chi connectivity index (χ0n) is 10.6. The van der Waals surface area contributed by atoms with Gasteiger partial charge in [-0.3, -0.25) is 4.79 Å². The molecule has 0 bridgehead atoms. The molecule has 0 aliphatic carbocycles. The Morgan fingerprint density at radius 3 is 1.82 bits per heavy atom. The van der Waals surface area contributed by atoms with E-state index in [0.717, 1.165) is 32.5 Å². The lowest BCUT2D eigenvalue weighted by molar-refractivity contribution is -0.130. The van der Waals surface area contributed by atoms with Gasteiger partial charge < -0.3 is 14.2 Å². The van der Waals surface area contributed by atoms with Crippen molar-refractivity contribution in [2.75, 3.05) is 39.6 Å². The van der Waals surface area contributed by atoms with Crippen LogP contribution in [0.25, 0.3) is 0 Å². The molecule has 102 valence electrons. The van der Waals surface area contributed by atoms with Gasteiger partial charge in [-0.1, -0.05) is 6.92 Å². The van der Waals surface area contributed by atoms with Gasteiger partial charge in [0, 0.05) is 33.0 Å². The van der Waals surface area contributed by atoms with Gasteiger partial charge in [0.05, 0.1) is 13.0 Å². The van der Waals surface area contributed by atoms with Crippen molar-refractivity contribution in [3.63, 3.8) is 0 Å². The third-order valence-electron chi connectivity index (χ3n) is 1.95. The fourth-order valence-electron chi connectivity index (χ4n) is 1.13. The highest BCUT2D eigenvalue weighted by Crippen LogP contribution is 1.91. The summed E-state index contributed by atoms with van der Waals surface area (Å²) in [4.78, 5) is 9.94. The van der Waals surface area contributed by atoms with Crippen LogP contribution in [0.2, 0.25) is 0 Å². The molecule has 0 aromatic rings. The first-order valence-corrected chi connectivity index (χ1v) is 6.19. The summed E-state index contributed by atoms with van der Waals surface area (Å²) >= 11 is 0. The third-order valence-corrected chi connectivity index (χ3v) is 1.95. The average molecular weight is 250 g/mol. The fraction of sp³-hybridized carbons (Fsp3) is 0.917. The summed E-state index contributed by atoms with van der Waals surface area (Å²) in [5.41, 5.74) is 0. The standard InChI is InChI=1S/C12H23FO4/c1-2-6-15-7-3-8-16-9-4-10-17-11-5-12(13)14/h2-11H2,1H3. The molecule has 17 heavy (non-hydrogen) atoms. The van der Waals surface area contributed by atoms with Crippen molar-refractivity contribution in [3.05, 3.63) is 0 Å². The minimum absolute atomic E-state index is 0.153. The Kier molecular flexibility index (Phi) is 13.1. The van der Waals surface area contributed by atoms with Crippen LogP contribution in [0, 0.1) is 0 Å². The number of carbonyl (C=O) groups excluding carboxylic acids is 1. The van der Waals surface area contributed by atoms with Gasteiger partial charge in [-0.05, 0) is 19.3 Å². The smallest absolute Gasteiger partial charge is 0.303 e. The molecule has 0 saturated carbocycles. The minimum atomic E-state index is -1.33. The van der Waals surface area contributed by atoms with Crippen LogP contribution < -0.4 is 0 Å². The van der Waals surface area contributed by atoms with Crippen LogP contribution in [0.5, 0.6) is 0 Å². The van der Waals surface area contributed by atoms with Gasteiger partial charge >= 0.3 is 6.04 Å². The first-order valence-electron chi connectivity index (χ1n) is 6.19. The Morgan fingerprint density at radius 1 is 0.882 bits per heavy atom. The van der Waals surface area contributed by atoms with E-state index >= 15 is 0 Å². The van der Waals surface area contributed by atoms with Crippen LogP contribution in [0.15, 0.2) is 0 Å². The maximum atomic E-state index is 11.7. The lowest BCUT2D eigenvalue weighted by Gasteiger charge is -2.05. The van der Waals surface area contributed by atoms with Gasteiger partial charge in [0.15, 0.2) is 0 Å². The van der Waals surface area contributed by atoms with E-state index in [9.17, 15) is 9.18 Å². The molecule has 0 N–H and O–H groups in total. The monoisotopic (exact) mass is 250 g/mol. The summed E-state index contributed by atoms with van der Waals surface area (Å²) in [7, 11) is 0. The predicted octanol–water partition coefficient (Wildman–Crippen LogP) is 2.11. The topological polar surface area (TPSA) is 44.8 Å². The molecule has 0 aliphatic heterocycles. The van der Waals surface area contributed by atoms with Crippen molar-refractivity contribution in [1.29, 1.82) is 0 Å². The second-order valence-electron chi connectivity index (χ2n) is 3.65. The number of carbonyl (C=O) groups is 1. The molecule has 0 radical (unpaired) electrons. The van der Waals surface area contributed by atoms with Crippen LogP contribution >= 0.6 is 0 Å². The molecule has 0 saturated heterocycles. The first-order chi connectivity index (χ1) is 8.27. The van der Waals surface area contributed by atoms with Gasteiger partial charge in [-0.25, -0.2) is 0 Å². The summed E-state index contributed by atoms with van der Waals surface area (Å²) in [6.45, 7) is 5.58. The van der Waals surface area contributed by atoms with E-state index in [-0.39, 0.29) is 13.0 Å². The van der Waals surface area contributed by atoms with Crippen molar-refractivity contribution in [3.8, 4) is 0 Å². The third kappa shape index (κ3) is 15.5. The molecular weight excluding hydrogens is 227 g/mol. The maximum absolute atomic E-state index is 11.7. The van der Waals surface area contributed by atoms with Crippen LogP contribution in [-0.4, -0.2) is 45.7 Å². The van der Waals surface area contributed by atoms with Crippen molar-refractivity contribution < 1.29 is 23.4 Å². The molecule has 5 heteroatoms. The summed E-state index contributed by atoms with van der Waals surface area (Å²) in [5, 5.41) is 0. The predicted molar refractivity (Wildman–Crippen MR) is 62.7 cm³/mol. The Hall–Kier alpha value is -0.520. The van der Waals surface area contributed by atoms with Gasteiger partial charge in [0.1, 0.15) is 0 Å². The zero-order valence-corrected chi connectivity index (χ0v) is 10.6. The van der Waals surface area contributed by atoms with Crippen molar-refractivity contribution in [2.45, 2.75) is 32.6 Å². The molecule has 0 spiro atoms. The summed E-state index contributed by atoms with van der Waals surface area (Å²) in [6, 6.07) is -1.33. The van der Waals surface area contributed by atoms with Crippen LogP contribution in [0.4, 0.5) is 4.39 Å². The van der Waals surface area contributed by atoms with E-state index in [1.165, 1.54) is 0 Å². The Balaban J connectivity index is 2.91. The largest absolute Gasteiger partial charge is 0.381 e. The quantitative estimate of drug-likeness (QED) is 0.371. The molecule has 0 fully saturated rings. The Morgan fingerprint density at radius 2 is 1.35 bits per heavy atom. The highest BCUT2D eigenvalue weighted by molar-refractivity contribution is 5.67. The summed E-state index contributed by atoms with van der Waals surface area (Å²) < 4.78 is 27.4. The number of halogens is 1. The average Bonchev–Trinajstić information content (AvgIpc) is 2.30. The van der Waals surface area contributed by atoms with Gasteiger partial charge in [0.2, 0.25) is 0 Å². The van der Waals surface area contributed by atoms with E-state index in [2.05, 4.69) is 6.92 Å². The molecule has 0 heterocycles. The van der Waals surface area contributed by atoms with Crippen LogP contribution in [0.3, 0.4) is 0 Å². The van der Waals surface area contributed by atoms with E-state index < -0.39 is 6.04 Å². The molecule has 0 atom stereocenters.